The summed E-state index contributed by atoms with van der Waals surface area (Å²) >= 11 is 0. The lowest BCUT2D eigenvalue weighted by atomic mass is 10.0. The Kier molecular flexibility index (Phi) is 3.58. The molecular formula is C12H19N5. The number of hydrogen-bond donors (Lipinski definition) is 1. The number of rotatable bonds is 5. The van der Waals surface area contributed by atoms with Gasteiger partial charge in [-0.3, -0.25) is 9.36 Å². The first kappa shape index (κ1) is 11.9. The second-order valence-electron chi connectivity index (χ2n) is 4.28. The van der Waals surface area contributed by atoms with Gasteiger partial charge in [-0.25, -0.2) is 0 Å². The Morgan fingerprint density at radius 3 is 2.41 bits per heavy atom. The molecule has 5 nitrogen and oxygen atoms in total. The summed E-state index contributed by atoms with van der Waals surface area (Å²) in [5.41, 5.74) is 2.46. The molecule has 0 aromatic carbocycles. The molecule has 2 heterocycles. The third-order valence-corrected chi connectivity index (χ3v) is 2.78. The van der Waals surface area contributed by atoms with Crippen LogP contribution in [0.3, 0.4) is 0 Å². The number of likely N-dealkylation sites (N-methyl/N-ethyl adjacent to an activating group) is 1. The quantitative estimate of drug-likeness (QED) is 0.839. The zero-order valence-corrected chi connectivity index (χ0v) is 10.6. The number of aryl methyl sites for hydroxylation is 2. The van der Waals surface area contributed by atoms with E-state index in [1.165, 1.54) is 11.1 Å². The minimum absolute atomic E-state index is 0.304. The maximum atomic E-state index is 4.22. The molecule has 2 rings (SSSR count). The number of nitrogens with zero attached hydrogens (tertiary/aromatic N) is 4. The summed E-state index contributed by atoms with van der Waals surface area (Å²) in [7, 11) is 3.88. The van der Waals surface area contributed by atoms with E-state index < -0.39 is 0 Å². The molecule has 0 saturated heterocycles. The fraction of sp³-hybridized carbons (Fsp3) is 0.500. The summed E-state index contributed by atoms with van der Waals surface area (Å²) in [4.78, 5) is 0. The molecule has 0 amide bonds. The standard InChI is InChI=1S/C12H19N5/c1-4-13-12(11-7-15-17(3)9-11)5-10-6-14-16(2)8-10/h6-9,12-13H,4-5H2,1-3H3. The van der Waals surface area contributed by atoms with Crippen LogP contribution in [0.25, 0.3) is 0 Å². The van der Waals surface area contributed by atoms with Crippen LogP contribution in [0.15, 0.2) is 24.8 Å². The van der Waals surface area contributed by atoms with Gasteiger partial charge in [-0.1, -0.05) is 6.92 Å². The monoisotopic (exact) mass is 233 g/mol. The molecule has 1 N–H and O–H groups in total. The van der Waals surface area contributed by atoms with Crippen molar-refractivity contribution in [3.63, 3.8) is 0 Å². The fourth-order valence-corrected chi connectivity index (χ4v) is 1.99. The van der Waals surface area contributed by atoms with E-state index in [9.17, 15) is 0 Å². The van der Waals surface area contributed by atoms with Crippen LogP contribution in [-0.4, -0.2) is 26.1 Å². The minimum atomic E-state index is 0.304. The Morgan fingerprint density at radius 2 is 1.88 bits per heavy atom. The fourth-order valence-electron chi connectivity index (χ4n) is 1.99. The van der Waals surface area contributed by atoms with Gasteiger partial charge in [0.25, 0.3) is 0 Å². The molecule has 0 radical (unpaired) electrons. The van der Waals surface area contributed by atoms with Crippen LogP contribution in [0, 0.1) is 0 Å². The number of hydrogen-bond acceptors (Lipinski definition) is 3. The molecule has 2 aromatic heterocycles. The van der Waals surface area contributed by atoms with E-state index >= 15 is 0 Å². The molecule has 1 unspecified atom stereocenters. The first-order valence-corrected chi connectivity index (χ1v) is 5.88. The van der Waals surface area contributed by atoms with Crippen molar-refractivity contribution in [3.05, 3.63) is 35.9 Å². The van der Waals surface area contributed by atoms with Crippen LogP contribution in [0.1, 0.15) is 24.1 Å². The molecule has 17 heavy (non-hydrogen) atoms. The van der Waals surface area contributed by atoms with Crippen molar-refractivity contribution in [3.8, 4) is 0 Å². The highest BCUT2D eigenvalue weighted by Gasteiger charge is 2.13. The smallest absolute Gasteiger partial charge is 0.0537 e. The lowest BCUT2D eigenvalue weighted by Crippen LogP contribution is -2.22. The molecule has 0 aliphatic carbocycles. The van der Waals surface area contributed by atoms with E-state index in [2.05, 4.69) is 34.8 Å². The van der Waals surface area contributed by atoms with Crippen molar-refractivity contribution in [2.45, 2.75) is 19.4 Å². The van der Waals surface area contributed by atoms with Crippen molar-refractivity contribution in [1.82, 2.24) is 24.9 Å². The van der Waals surface area contributed by atoms with Crippen molar-refractivity contribution in [2.24, 2.45) is 14.1 Å². The Labute approximate surface area is 101 Å². The largest absolute Gasteiger partial charge is 0.310 e. The van der Waals surface area contributed by atoms with E-state index in [0.717, 1.165) is 13.0 Å². The van der Waals surface area contributed by atoms with Gasteiger partial charge < -0.3 is 5.32 Å². The molecule has 92 valence electrons. The van der Waals surface area contributed by atoms with Crippen LogP contribution in [0.4, 0.5) is 0 Å². The van der Waals surface area contributed by atoms with E-state index in [1.54, 1.807) is 0 Å². The summed E-state index contributed by atoms with van der Waals surface area (Å²) in [6.07, 6.45) is 8.89. The SMILES string of the molecule is CCNC(Cc1cnn(C)c1)c1cnn(C)c1. The van der Waals surface area contributed by atoms with E-state index in [1.807, 2.05) is 35.9 Å². The molecule has 0 fully saturated rings. The summed E-state index contributed by atoms with van der Waals surface area (Å²) < 4.78 is 3.67. The molecule has 2 aromatic rings. The highest BCUT2D eigenvalue weighted by molar-refractivity contribution is 5.16. The van der Waals surface area contributed by atoms with Crippen LogP contribution in [0.2, 0.25) is 0 Å². The lowest BCUT2D eigenvalue weighted by Gasteiger charge is -2.15. The molecule has 0 spiro atoms. The van der Waals surface area contributed by atoms with Crippen molar-refractivity contribution in [1.29, 1.82) is 0 Å². The average molecular weight is 233 g/mol. The Balaban J connectivity index is 2.12. The summed E-state index contributed by atoms with van der Waals surface area (Å²) in [6, 6.07) is 0.304. The Bertz CT molecular complexity index is 471. The molecule has 0 saturated carbocycles. The van der Waals surface area contributed by atoms with Crippen LogP contribution in [-0.2, 0) is 20.5 Å². The second-order valence-corrected chi connectivity index (χ2v) is 4.28. The van der Waals surface area contributed by atoms with E-state index in [4.69, 9.17) is 0 Å². The van der Waals surface area contributed by atoms with Crippen molar-refractivity contribution in [2.75, 3.05) is 6.54 Å². The molecule has 0 aliphatic rings. The van der Waals surface area contributed by atoms with Gasteiger partial charge in [-0.15, -0.1) is 0 Å². The van der Waals surface area contributed by atoms with E-state index in [-0.39, 0.29) is 0 Å². The lowest BCUT2D eigenvalue weighted by molar-refractivity contribution is 0.549. The Hall–Kier alpha value is -1.62. The first-order chi connectivity index (χ1) is 8.19. The summed E-state index contributed by atoms with van der Waals surface area (Å²) in [5, 5.41) is 11.9. The molecule has 0 bridgehead atoms. The van der Waals surface area contributed by atoms with E-state index in [0.29, 0.717) is 6.04 Å². The minimum Gasteiger partial charge on any atom is -0.310 e. The maximum absolute atomic E-state index is 4.22. The van der Waals surface area contributed by atoms with Gasteiger partial charge >= 0.3 is 0 Å². The zero-order valence-electron chi connectivity index (χ0n) is 10.6. The molecule has 5 heteroatoms. The van der Waals surface area contributed by atoms with Gasteiger partial charge in [0, 0.05) is 38.1 Å². The van der Waals surface area contributed by atoms with Crippen LogP contribution < -0.4 is 5.32 Å². The zero-order chi connectivity index (χ0) is 12.3. The van der Waals surface area contributed by atoms with Gasteiger partial charge in [0.1, 0.15) is 0 Å². The third-order valence-electron chi connectivity index (χ3n) is 2.78. The molecular weight excluding hydrogens is 214 g/mol. The predicted octanol–water partition coefficient (Wildman–Crippen LogP) is 1.05. The van der Waals surface area contributed by atoms with Crippen LogP contribution in [0.5, 0.6) is 0 Å². The Morgan fingerprint density at radius 1 is 1.18 bits per heavy atom. The van der Waals surface area contributed by atoms with Gasteiger partial charge in [0.15, 0.2) is 0 Å². The van der Waals surface area contributed by atoms with Gasteiger partial charge in [0.2, 0.25) is 0 Å². The van der Waals surface area contributed by atoms with Gasteiger partial charge in [0.05, 0.1) is 12.4 Å². The summed E-state index contributed by atoms with van der Waals surface area (Å²) in [6.45, 7) is 3.06. The molecule has 0 aliphatic heterocycles. The van der Waals surface area contributed by atoms with Crippen molar-refractivity contribution >= 4 is 0 Å². The topological polar surface area (TPSA) is 47.7 Å². The maximum Gasteiger partial charge on any atom is 0.0537 e. The van der Waals surface area contributed by atoms with Crippen LogP contribution >= 0.6 is 0 Å². The summed E-state index contributed by atoms with van der Waals surface area (Å²) in [5.74, 6) is 0. The molecule has 1 atom stereocenters. The normalized spacial score (nSPS) is 12.9. The number of aromatic nitrogens is 4. The van der Waals surface area contributed by atoms with Crippen molar-refractivity contribution < 1.29 is 0 Å². The third kappa shape index (κ3) is 2.94. The first-order valence-electron chi connectivity index (χ1n) is 5.88. The second kappa shape index (κ2) is 5.14. The predicted molar refractivity (Wildman–Crippen MR) is 66.5 cm³/mol. The van der Waals surface area contributed by atoms with Gasteiger partial charge in [-0.2, -0.15) is 10.2 Å². The highest BCUT2D eigenvalue weighted by atomic mass is 15.2. The average Bonchev–Trinajstić information content (AvgIpc) is 2.87. The highest BCUT2D eigenvalue weighted by Crippen LogP contribution is 2.17. The number of nitrogens with one attached hydrogen (secondary N) is 1. The van der Waals surface area contributed by atoms with Gasteiger partial charge in [-0.05, 0) is 18.5 Å².